The number of benzene rings is 4. The molecule has 5 aromatic rings. The molecule has 212 valence electrons. The first-order valence-electron chi connectivity index (χ1n) is 13.4. The van der Waals surface area contributed by atoms with Gasteiger partial charge in [-0.25, -0.2) is 13.1 Å². The van der Waals surface area contributed by atoms with Crippen LogP contribution in [-0.4, -0.2) is 36.8 Å². The smallest absolute Gasteiger partial charge is 0.260 e. The van der Waals surface area contributed by atoms with Crippen LogP contribution >= 0.6 is 0 Å². The summed E-state index contributed by atoms with van der Waals surface area (Å²) in [5.74, 6) is 1.12. The van der Waals surface area contributed by atoms with Crippen LogP contribution in [0.4, 0.5) is 0 Å². The Bertz CT molecular complexity index is 1850. The predicted octanol–water partition coefficient (Wildman–Crippen LogP) is 6.16. The van der Waals surface area contributed by atoms with Crippen LogP contribution in [-0.2, 0) is 10.0 Å². The standard InChI is InChI=1S/C33H30N4O4S/c1-23-14-17-27(18-15-23)42(38,39)37-30(21-29(34-37)25-16-19-31(40-2)32(20-25)41-3)28-22-36(26-12-8-5-9-13-26)35-33(28)24-10-6-4-7-11-24/h4-22,30,34H,1-3H3/t30-/m0/s1. The van der Waals surface area contributed by atoms with E-state index in [0.717, 1.165) is 27.9 Å². The van der Waals surface area contributed by atoms with Crippen molar-refractivity contribution >= 4 is 15.7 Å². The number of rotatable bonds is 8. The molecule has 6 rings (SSSR count). The molecular weight excluding hydrogens is 548 g/mol. The molecule has 0 radical (unpaired) electrons. The number of hydrogen-bond donors (Lipinski definition) is 1. The Balaban J connectivity index is 1.54. The highest BCUT2D eigenvalue weighted by Gasteiger charge is 2.39. The number of sulfonamides is 1. The number of aryl methyl sites for hydroxylation is 1. The highest BCUT2D eigenvalue weighted by atomic mass is 32.2. The molecular formula is C33H30N4O4S. The highest BCUT2D eigenvalue weighted by Crippen LogP contribution is 2.41. The zero-order valence-corrected chi connectivity index (χ0v) is 24.2. The van der Waals surface area contributed by atoms with E-state index in [4.69, 9.17) is 14.6 Å². The topological polar surface area (TPSA) is 85.7 Å². The molecule has 0 fully saturated rings. The van der Waals surface area contributed by atoms with Crippen molar-refractivity contribution in [3.63, 3.8) is 0 Å². The Morgan fingerprint density at radius 2 is 1.45 bits per heavy atom. The molecule has 42 heavy (non-hydrogen) atoms. The van der Waals surface area contributed by atoms with Crippen molar-refractivity contribution in [3.05, 3.63) is 132 Å². The Hall–Kier alpha value is -4.86. The Morgan fingerprint density at radius 3 is 2.12 bits per heavy atom. The van der Waals surface area contributed by atoms with Gasteiger partial charge in [0, 0.05) is 22.9 Å². The van der Waals surface area contributed by atoms with Crippen LogP contribution in [0.15, 0.2) is 120 Å². The minimum atomic E-state index is -4.00. The summed E-state index contributed by atoms with van der Waals surface area (Å²) in [7, 11) is -0.855. The summed E-state index contributed by atoms with van der Waals surface area (Å²) < 4.78 is 42.5. The minimum absolute atomic E-state index is 0.185. The van der Waals surface area contributed by atoms with E-state index in [9.17, 15) is 8.42 Å². The second-order valence-corrected chi connectivity index (χ2v) is 11.7. The summed E-state index contributed by atoms with van der Waals surface area (Å²) in [6.07, 6.45) is 3.81. The maximum atomic E-state index is 14.2. The first-order chi connectivity index (χ1) is 20.4. The van der Waals surface area contributed by atoms with Crippen LogP contribution in [0.2, 0.25) is 0 Å². The van der Waals surface area contributed by atoms with Gasteiger partial charge in [-0.1, -0.05) is 66.2 Å². The van der Waals surface area contributed by atoms with E-state index in [1.54, 1.807) is 49.2 Å². The van der Waals surface area contributed by atoms with Crippen molar-refractivity contribution in [2.75, 3.05) is 14.2 Å². The van der Waals surface area contributed by atoms with Gasteiger partial charge in [-0.3, -0.25) is 0 Å². The summed E-state index contributed by atoms with van der Waals surface area (Å²) in [5, 5.41) is 4.95. The molecule has 0 spiro atoms. The molecule has 0 amide bonds. The molecule has 1 aromatic heterocycles. The van der Waals surface area contributed by atoms with Gasteiger partial charge in [-0.2, -0.15) is 5.10 Å². The first kappa shape index (κ1) is 27.3. The van der Waals surface area contributed by atoms with E-state index in [1.807, 2.05) is 92.0 Å². The number of nitrogens with zero attached hydrogens (tertiary/aromatic N) is 3. The lowest BCUT2D eigenvalue weighted by Gasteiger charge is -2.25. The van der Waals surface area contributed by atoms with E-state index in [2.05, 4.69) is 5.43 Å². The summed E-state index contributed by atoms with van der Waals surface area (Å²) in [4.78, 5) is 0.185. The lowest BCUT2D eigenvalue weighted by atomic mass is 10.0. The molecule has 1 atom stereocenters. The molecule has 0 aliphatic carbocycles. The fraction of sp³-hybridized carbons (Fsp3) is 0.121. The molecule has 2 heterocycles. The van der Waals surface area contributed by atoms with Crippen molar-refractivity contribution < 1.29 is 17.9 Å². The molecule has 0 saturated heterocycles. The van der Waals surface area contributed by atoms with Gasteiger partial charge in [0.2, 0.25) is 0 Å². The number of aromatic nitrogens is 2. The molecule has 1 aliphatic rings. The number of hydrogen-bond acceptors (Lipinski definition) is 6. The van der Waals surface area contributed by atoms with Crippen molar-refractivity contribution in [2.24, 2.45) is 0 Å². The molecule has 8 nitrogen and oxygen atoms in total. The third-order valence-corrected chi connectivity index (χ3v) is 8.91. The van der Waals surface area contributed by atoms with Crippen LogP contribution in [0, 0.1) is 6.92 Å². The van der Waals surface area contributed by atoms with Crippen LogP contribution in [0.1, 0.15) is 22.7 Å². The summed E-state index contributed by atoms with van der Waals surface area (Å²) in [6, 6.07) is 31.2. The normalized spacial score (nSPS) is 15.2. The van der Waals surface area contributed by atoms with E-state index < -0.39 is 16.1 Å². The van der Waals surface area contributed by atoms with Crippen molar-refractivity contribution in [3.8, 4) is 28.4 Å². The SMILES string of the molecule is COc1ccc(C2=C[C@@H](c3cn(-c4ccccc4)nc3-c3ccccc3)N(S(=O)(=O)c3ccc(C)cc3)N2)cc1OC. The monoisotopic (exact) mass is 578 g/mol. The summed E-state index contributed by atoms with van der Waals surface area (Å²) in [6.45, 7) is 1.92. The van der Waals surface area contributed by atoms with Crippen molar-refractivity contribution in [1.82, 2.24) is 19.6 Å². The highest BCUT2D eigenvalue weighted by molar-refractivity contribution is 7.89. The lowest BCUT2D eigenvalue weighted by molar-refractivity contribution is 0.347. The van der Waals surface area contributed by atoms with Gasteiger partial charge >= 0.3 is 0 Å². The maximum absolute atomic E-state index is 14.2. The molecule has 1 aliphatic heterocycles. The fourth-order valence-electron chi connectivity index (χ4n) is 5.00. The average molecular weight is 579 g/mol. The molecule has 0 bridgehead atoms. The van der Waals surface area contributed by atoms with Crippen LogP contribution in [0.3, 0.4) is 0 Å². The summed E-state index contributed by atoms with van der Waals surface area (Å²) >= 11 is 0. The summed E-state index contributed by atoms with van der Waals surface area (Å²) in [5.41, 5.74) is 8.68. The second kappa shape index (κ2) is 11.2. The second-order valence-electron chi connectivity index (χ2n) is 9.90. The minimum Gasteiger partial charge on any atom is -0.493 e. The van der Waals surface area contributed by atoms with Gasteiger partial charge in [-0.05, 0) is 55.5 Å². The Kier molecular flexibility index (Phi) is 7.28. The van der Waals surface area contributed by atoms with Gasteiger partial charge < -0.3 is 14.9 Å². The number of ether oxygens (including phenoxy) is 2. The number of para-hydroxylation sites is 1. The third kappa shape index (κ3) is 5.04. The lowest BCUT2D eigenvalue weighted by Crippen LogP contribution is -2.39. The Labute approximate surface area is 245 Å². The van der Waals surface area contributed by atoms with Gasteiger partial charge in [0.25, 0.3) is 10.0 Å². The third-order valence-electron chi connectivity index (χ3n) is 7.21. The van der Waals surface area contributed by atoms with E-state index in [1.165, 1.54) is 4.41 Å². The maximum Gasteiger partial charge on any atom is 0.260 e. The zero-order valence-electron chi connectivity index (χ0n) is 23.4. The fourth-order valence-corrected chi connectivity index (χ4v) is 6.40. The number of hydrazine groups is 1. The average Bonchev–Trinajstić information content (AvgIpc) is 3.68. The van der Waals surface area contributed by atoms with Crippen LogP contribution in [0.25, 0.3) is 22.6 Å². The molecule has 0 unspecified atom stereocenters. The van der Waals surface area contributed by atoms with Crippen LogP contribution < -0.4 is 14.9 Å². The van der Waals surface area contributed by atoms with Gasteiger partial charge in [-0.15, -0.1) is 4.41 Å². The molecule has 0 saturated carbocycles. The quantitative estimate of drug-likeness (QED) is 0.238. The largest absolute Gasteiger partial charge is 0.493 e. The molecule has 1 N–H and O–H groups in total. The zero-order chi connectivity index (χ0) is 29.3. The van der Waals surface area contributed by atoms with E-state index in [-0.39, 0.29) is 4.90 Å². The van der Waals surface area contributed by atoms with Crippen molar-refractivity contribution in [2.45, 2.75) is 17.9 Å². The van der Waals surface area contributed by atoms with Gasteiger partial charge in [0.05, 0.1) is 42.2 Å². The number of nitrogens with one attached hydrogen (secondary N) is 1. The molecule has 4 aromatic carbocycles. The van der Waals surface area contributed by atoms with E-state index >= 15 is 0 Å². The predicted molar refractivity (Wildman–Crippen MR) is 163 cm³/mol. The van der Waals surface area contributed by atoms with Crippen LogP contribution in [0.5, 0.6) is 11.5 Å². The molecule has 9 heteroatoms. The van der Waals surface area contributed by atoms with Crippen molar-refractivity contribution in [1.29, 1.82) is 0 Å². The first-order valence-corrected chi connectivity index (χ1v) is 14.9. The Morgan fingerprint density at radius 1 is 0.786 bits per heavy atom. The van der Waals surface area contributed by atoms with Gasteiger partial charge in [0.15, 0.2) is 11.5 Å². The van der Waals surface area contributed by atoms with E-state index in [0.29, 0.717) is 22.9 Å². The number of methoxy groups -OCH3 is 2. The van der Waals surface area contributed by atoms with Gasteiger partial charge in [0.1, 0.15) is 0 Å².